The molecule has 0 bridgehead atoms. The number of nitrogens with zero attached hydrogens (tertiary/aromatic N) is 2. The molecule has 0 saturated carbocycles. The lowest BCUT2D eigenvalue weighted by Crippen LogP contribution is -2.41. The minimum Gasteiger partial charge on any atom is -0.486 e. The molecule has 1 unspecified atom stereocenters. The van der Waals surface area contributed by atoms with E-state index in [1.54, 1.807) is 42.5 Å². The average molecular weight is 564 g/mol. The molecule has 2 rings (SSSR count). The van der Waals surface area contributed by atoms with Gasteiger partial charge in [-0.2, -0.15) is 0 Å². The second-order valence-electron chi connectivity index (χ2n) is 6.87. The van der Waals surface area contributed by atoms with E-state index in [4.69, 9.17) is 4.74 Å². The lowest BCUT2D eigenvalue weighted by atomic mass is 10.2. The van der Waals surface area contributed by atoms with E-state index in [-0.39, 0.29) is 40.7 Å². The van der Waals surface area contributed by atoms with Crippen LogP contribution in [0.15, 0.2) is 58.4 Å². The van der Waals surface area contributed by atoms with E-state index < -0.39 is 15.8 Å². The van der Waals surface area contributed by atoms with Gasteiger partial charge in [-0.3, -0.25) is 0 Å². The summed E-state index contributed by atoms with van der Waals surface area (Å²) in [6, 6.07) is 12.9. The smallest absolute Gasteiger partial charge is 0.242 e. The minimum atomic E-state index is -3.45. The Morgan fingerprint density at radius 1 is 1.13 bits per heavy atom. The zero-order chi connectivity index (χ0) is 22.1. The van der Waals surface area contributed by atoms with E-state index in [2.05, 4.69) is 15.6 Å². The van der Waals surface area contributed by atoms with E-state index in [1.807, 2.05) is 13.8 Å². The van der Waals surface area contributed by atoms with Gasteiger partial charge in [0.1, 0.15) is 6.10 Å². The van der Waals surface area contributed by atoms with Crippen LogP contribution in [-0.2, 0) is 16.6 Å². The van der Waals surface area contributed by atoms with Crippen LogP contribution in [0.25, 0.3) is 0 Å². The molecule has 2 aromatic carbocycles. The predicted octanol–water partition coefficient (Wildman–Crippen LogP) is 3.22. The van der Waals surface area contributed by atoms with Gasteiger partial charge in [0.25, 0.3) is 0 Å². The maximum absolute atomic E-state index is 13.7. The van der Waals surface area contributed by atoms with Crippen molar-refractivity contribution in [3.8, 4) is 5.75 Å². The van der Waals surface area contributed by atoms with Gasteiger partial charge >= 0.3 is 0 Å². The number of aliphatic imine (C=N–C) groups is 1. The standard InChI is InChI=1S/C21H29FN4O3S.HI/c1-5-23-21(24-14-16(2)29-20-9-7-6-8-19(20)22)25-15-17-10-12-18(13-11-17)30(27,28)26(3)4;/h6-13,16H,5,14-15H2,1-4H3,(H2,23,24,25);1H. The molecule has 0 fully saturated rings. The lowest BCUT2D eigenvalue weighted by Gasteiger charge is -2.18. The first-order valence-corrected chi connectivity index (χ1v) is 11.1. The van der Waals surface area contributed by atoms with E-state index in [0.717, 1.165) is 5.56 Å². The molecule has 2 N–H and O–H groups in total. The third-order valence-electron chi connectivity index (χ3n) is 4.19. The molecule has 0 aromatic heterocycles. The normalized spacial score (nSPS) is 12.8. The third-order valence-corrected chi connectivity index (χ3v) is 6.02. The van der Waals surface area contributed by atoms with Crippen LogP contribution in [0.4, 0.5) is 4.39 Å². The fourth-order valence-electron chi connectivity index (χ4n) is 2.53. The van der Waals surface area contributed by atoms with Gasteiger partial charge in [-0.1, -0.05) is 24.3 Å². The molecule has 31 heavy (non-hydrogen) atoms. The van der Waals surface area contributed by atoms with Gasteiger partial charge in [-0.25, -0.2) is 22.1 Å². The number of sulfonamides is 1. The molecule has 0 aliphatic rings. The number of guanidine groups is 1. The van der Waals surface area contributed by atoms with Crippen molar-refractivity contribution >= 4 is 40.0 Å². The van der Waals surface area contributed by atoms with Gasteiger partial charge in [0.05, 0.1) is 18.0 Å². The fraction of sp³-hybridized carbons (Fsp3) is 0.381. The summed E-state index contributed by atoms with van der Waals surface area (Å²) in [5, 5.41) is 6.31. The Hall–Kier alpha value is -1.92. The minimum absolute atomic E-state index is 0. The van der Waals surface area contributed by atoms with E-state index in [1.165, 1.54) is 24.5 Å². The van der Waals surface area contributed by atoms with Gasteiger partial charge in [0.15, 0.2) is 17.5 Å². The maximum Gasteiger partial charge on any atom is 0.242 e. The Balaban J connectivity index is 0.00000480. The highest BCUT2D eigenvalue weighted by Gasteiger charge is 2.16. The molecule has 172 valence electrons. The van der Waals surface area contributed by atoms with Crippen molar-refractivity contribution in [1.82, 2.24) is 14.9 Å². The van der Waals surface area contributed by atoms with Crippen LogP contribution in [-0.4, -0.2) is 52.0 Å². The summed E-state index contributed by atoms with van der Waals surface area (Å²) in [6.07, 6.45) is -0.277. The summed E-state index contributed by atoms with van der Waals surface area (Å²) < 4.78 is 44.8. The van der Waals surface area contributed by atoms with Gasteiger partial charge < -0.3 is 15.4 Å². The van der Waals surface area contributed by atoms with Gasteiger partial charge in [-0.15, -0.1) is 24.0 Å². The largest absolute Gasteiger partial charge is 0.486 e. The summed E-state index contributed by atoms with van der Waals surface area (Å²) in [5.74, 6) is 0.401. The van der Waals surface area contributed by atoms with Crippen LogP contribution >= 0.6 is 24.0 Å². The SMILES string of the molecule is CCNC(=NCc1ccc(S(=O)(=O)N(C)C)cc1)NCC(C)Oc1ccccc1F.I. The van der Waals surface area contributed by atoms with Crippen LogP contribution in [0.1, 0.15) is 19.4 Å². The maximum atomic E-state index is 13.7. The number of para-hydroxylation sites is 1. The molecule has 10 heteroatoms. The molecule has 0 saturated heterocycles. The highest BCUT2D eigenvalue weighted by Crippen LogP contribution is 2.17. The average Bonchev–Trinajstić information content (AvgIpc) is 2.72. The van der Waals surface area contributed by atoms with Crippen molar-refractivity contribution < 1.29 is 17.5 Å². The summed E-state index contributed by atoms with van der Waals surface area (Å²) in [6.45, 7) is 5.28. The van der Waals surface area contributed by atoms with Crippen molar-refractivity contribution in [3.63, 3.8) is 0 Å². The van der Waals surface area contributed by atoms with Crippen LogP contribution < -0.4 is 15.4 Å². The number of halogens is 2. The second-order valence-corrected chi connectivity index (χ2v) is 9.02. The van der Waals surface area contributed by atoms with Crippen molar-refractivity contribution in [2.45, 2.75) is 31.4 Å². The van der Waals surface area contributed by atoms with E-state index in [0.29, 0.717) is 25.6 Å². The lowest BCUT2D eigenvalue weighted by molar-refractivity contribution is 0.214. The summed E-state index contributed by atoms with van der Waals surface area (Å²) in [5.41, 5.74) is 0.876. The van der Waals surface area contributed by atoms with E-state index in [9.17, 15) is 12.8 Å². The molecular weight excluding hydrogens is 534 g/mol. The molecule has 0 aliphatic carbocycles. The molecule has 0 spiro atoms. The summed E-state index contributed by atoms with van der Waals surface area (Å²) in [7, 11) is -0.451. The topological polar surface area (TPSA) is 83.0 Å². The Morgan fingerprint density at radius 3 is 2.35 bits per heavy atom. The number of nitrogens with one attached hydrogen (secondary N) is 2. The van der Waals surface area contributed by atoms with Crippen molar-refractivity contribution in [2.24, 2.45) is 4.99 Å². The first-order valence-electron chi connectivity index (χ1n) is 9.69. The summed E-state index contributed by atoms with van der Waals surface area (Å²) in [4.78, 5) is 4.75. The molecule has 0 heterocycles. The quantitative estimate of drug-likeness (QED) is 0.278. The van der Waals surface area contributed by atoms with Crippen LogP contribution in [0.5, 0.6) is 5.75 Å². The highest BCUT2D eigenvalue weighted by molar-refractivity contribution is 14.0. The number of benzene rings is 2. The number of ether oxygens (including phenoxy) is 1. The highest BCUT2D eigenvalue weighted by atomic mass is 127. The Morgan fingerprint density at radius 2 is 1.77 bits per heavy atom. The van der Waals surface area contributed by atoms with Gasteiger partial charge in [0, 0.05) is 20.6 Å². The first-order chi connectivity index (χ1) is 14.2. The monoisotopic (exact) mass is 564 g/mol. The van der Waals surface area contributed by atoms with Crippen molar-refractivity contribution in [3.05, 3.63) is 59.9 Å². The third kappa shape index (κ3) is 8.26. The van der Waals surface area contributed by atoms with Gasteiger partial charge in [0.2, 0.25) is 10.0 Å². The number of rotatable bonds is 9. The fourth-order valence-corrected chi connectivity index (χ4v) is 3.43. The molecule has 2 aromatic rings. The summed E-state index contributed by atoms with van der Waals surface area (Å²) >= 11 is 0. The van der Waals surface area contributed by atoms with Crippen molar-refractivity contribution in [2.75, 3.05) is 27.2 Å². The van der Waals surface area contributed by atoms with Crippen molar-refractivity contribution in [1.29, 1.82) is 0 Å². The van der Waals surface area contributed by atoms with Gasteiger partial charge in [-0.05, 0) is 43.7 Å². The molecule has 0 radical (unpaired) electrons. The zero-order valence-corrected chi connectivity index (χ0v) is 21.3. The molecule has 7 nitrogen and oxygen atoms in total. The molecule has 1 atom stereocenters. The Bertz CT molecular complexity index is 953. The van der Waals surface area contributed by atoms with Crippen LogP contribution in [0.3, 0.4) is 0 Å². The molecule has 0 aliphatic heterocycles. The first kappa shape index (κ1) is 27.1. The zero-order valence-electron chi connectivity index (χ0n) is 18.1. The predicted molar refractivity (Wildman–Crippen MR) is 132 cm³/mol. The van der Waals surface area contributed by atoms with Crippen LogP contribution in [0.2, 0.25) is 0 Å². The van der Waals surface area contributed by atoms with E-state index >= 15 is 0 Å². The number of hydrogen-bond donors (Lipinski definition) is 2. The Labute approximate surface area is 201 Å². The van der Waals surface area contributed by atoms with Crippen LogP contribution in [0, 0.1) is 5.82 Å². The Kier molecular flexibility index (Phi) is 11.2. The molecule has 0 amide bonds. The molecular formula is C21H30FIN4O3S. The second kappa shape index (κ2) is 12.8. The number of hydrogen-bond acceptors (Lipinski definition) is 4.